The van der Waals surface area contributed by atoms with E-state index in [9.17, 15) is 26.7 Å². The molecule has 0 heterocycles. The fourth-order valence-electron chi connectivity index (χ4n) is 1.96. The second kappa shape index (κ2) is 7.99. The van der Waals surface area contributed by atoms with Gasteiger partial charge in [0.1, 0.15) is 11.5 Å². The third kappa shape index (κ3) is 5.30. The molecule has 0 saturated heterocycles. The lowest BCUT2D eigenvalue weighted by atomic mass is 10.1. The van der Waals surface area contributed by atoms with Crippen LogP contribution in [0.3, 0.4) is 0 Å². The van der Waals surface area contributed by atoms with Crippen LogP contribution in [0.5, 0.6) is 11.5 Å². The van der Waals surface area contributed by atoms with E-state index in [1.807, 2.05) is 6.92 Å². The van der Waals surface area contributed by atoms with E-state index in [1.165, 1.54) is 12.1 Å². The highest BCUT2D eigenvalue weighted by Gasteiger charge is 2.31. The molecule has 2 rings (SSSR count). The summed E-state index contributed by atoms with van der Waals surface area (Å²) in [6, 6.07) is 9.49. The van der Waals surface area contributed by atoms with Gasteiger partial charge in [-0.2, -0.15) is 4.39 Å². The molecule has 0 radical (unpaired) electrons. The van der Waals surface area contributed by atoms with Gasteiger partial charge in [-0.15, -0.1) is 13.2 Å². The average Bonchev–Trinajstić information content (AvgIpc) is 2.61. The van der Waals surface area contributed by atoms with Crippen LogP contribution in [0.1, 0.15) is 18.1 Å². The molecule has 0 amide bonds. The summed E-state index contributed by atoms with van der Waals surface area (Å²) in [6.45, 7) is 1.89. The quantitative estimate of drug-likeness (QED) is 0.307. The molecule has 138 valence electrons. The number of alkyl halides is 3. The maximum absolute atomic E-state index is 14.0. The highest BCUT2D eigenvalue weighted by Crippen LogP contribution is 2.26. The van der Waals surface area contributed by atoms with Crippen LogP contribution >= 0.6 is 0 Å². The van der Waals surface area contributed by atoms with Crippen LogP contribution in [-0.2, 0) is 11.2 Å². The molecule has 0 fully saturated rings. The molecule has 26 heavy (non-hydrogen) atoms. The SMILES string of the molecule is CCc1ccc(C(F)=C(F)C(=O)Oc2ccc(OC(F)(F)F)cc2)cc1. The Balaban J connectivity index is 2.09. The number of carbonyl (C=O) groups excluding carboxylic acids is 1. The minimum absolute atomic E-state index is 0.134. The monoisotopic (exact) mass is 372 g/mol. The lowest BCUT2D eigenvalue weighted by Gasteiger charge is -2.09. The molecule has 0 unspecified atom stereocenters. The highest BCUT2D eigenvalue weighted by atomic mass is 19.4. The zero-order valence-corrected chi connectivity index (χ0v) is 13.4. The summed E-state index contributed by atoms with van der Waals surface area (Å²) in [7, 11) is 0. The van der Waals surface area contributed by atoms with Gasteiger partial charge in [0.15, 0.2) is 5.83 Å². The van der Waals surface area contributed by atoms with Gasteiger partial charge in [0, 0.05) is 5.56 Å². The van der Waals surface area contributed by atoms with Gasteiger partial charge in [-0.05, 0) is 36.2 Å². The number of hydrogen-bond donors (Lipinski definition) is 0. The van der Waals surface area contributed by atoms with Crippen molar-refractivity contribution >= 4 is 11.8 Å². The Hall–Kier alpha value is -2.90. The van der Waals surface area contributed by atoms with Gasteiger partial charge in [0.05, 0.1) is 0 Å². The molecule has 3 nitrogen and oxygen atoms in total. The molecule has 2 aromatic carbocycles. The predicted octanol–water partition coefficient (Wildman–Crippen LogP) is 5.36. The molecular weight excluding hydrogens is 359 g/mol. The van der Waals surface area contributed by atoms with E-state index >= 15 is 0 Å². The van der Waals surface area contributed by atoms with Crippen LogP contribution in [0.2, 0.25) is 0 Å². The van der Waals surface area contributed by atoms with Crippen molar-refractivity contribution in [2.24, 2.45) is 0 Å². The van der Waals surface area contributed by atoms with Crippen LogP contribution in [-0.4, -0.2) is 12.3 Å². The number of hydrogen-bond acceptors (Lipinski definition) is 3. The van der Waals surface area contributed by atoms with Crippen LogP contribution in [0.25, 0.3) is 5.83 Å². The standard InChI is InChI=1S/C18H13F5O3/c1-2-11-3-5-12(6-4-11)15(19)16(20)17(24)25-13-7-9-14(10-8-13)26-18(21,22)23/h3-10H,2H2,1H3. The Bertz CT molecular complexity index is 793. The fraction of sp³-hybridized carbons (Fsp3) is 0.167. The number of esters is 1. The minimum atomic E-state index is -4.87. The van der Waals surface area contributed by atoms with Gasteiger partial charge in [0.25, 0.3) is 0 Å². The molecule has 2 aromatic rings. The van der Waals surface area contributed by atoms with Gasteiger partial charge in [-0.25, -0.2) is 9.18 Å². The topological polar surface area (TPSA) is 35.5 Å². The summed E-state index contributed by atoms with van der Waals surface area (Å²) < 4.78 is 72.3. The molecule has 0 aliphatic rings. The maximum Gasteiger partial charge on any atom is 0.573 e. The first kappa shape index (κ1) is 19.4. The van der Waals surface area contributed by atoms with Crippen molar-refractivity contribution in [2.45, 2.75) is 19.7 Å². The smallest absolute Gasteiger partial charge is 0.421 e. The molecule has 8 heteroatoms. The van der Waals surface area contributed by atoms with Crippen molar-refractivity contribution in [3.8, 4) is 11.5 Å². The summed E-state index contributed by atoms with van der Waals surface area (Å²) in [4.78, 5) is 11.7. The van der Waals surface area contributed by atoms with Crippen molar-refractivity contribution in [1.82, 2.24) is 0 Å². The van der Waals surface area contributed by atoms with Crippen LogP contribution in [0.4, 0.5) is 22.0 Å². The Kier molecular flexibility index (Phi) is 5.97. The summed E-state index contributed by atoms with van der Waals surface area (Å²) in [5.41, 5.74) is 0.774. The van der Waals surface area contributed by atoms with E-state index in [1.54, 1.807) is 12.1 Å². The number of halogens is 5. The summed E-state index contributed by atoms with van der Waals surface area (Å²) in [5, 5.41) is 0. The third-order valence-corrected chi connectivity index (χ3v) is 3.26. The van der Waals surface area contributed by atoms with Crippen molar-refractivity contribution in [1.29, 1.82) is 0 Å². The van der Waals surface area contributed by atoms with Gasteiger partial charge < -0.3 is 9.47 Å². The highest BCUT2D eigenvalue weighted by molar-refractivity contribution is 5.94. The van der Waals surface area contributed by atoms with Crippen molar-refractivity contribution in [3.05, 3.63) is 65.5 Å². The number of ether oxygens (including phenoxy) is 2. The lowest BCUT2D eigenvalue weighted by Crippen LogP contribution is -2.17. The Morgan fingerprint density at radius 2 is 1.46 bits per heavy atom. The molecular formula is C18H13F5O3. The summed E-state index contributed by atoms with van der Waals surface area (Å²) in [5.74, 6) is -5.56. The first-order valence-corrected chi connectivity index (χ1v) is 7.42. The zero-order valence-electron chi connectivity index (χ0n) is 13.4. The van der Waals surface area contributed by atoms with E-state index in [4.69, 9.17) is 0 Å². The zero-order chi connectivity index (χ0) is 19.3. The minimum Gasteiger partial charge on any atom is -0.421 e. The maximum atomic E-state index is 14.0. The van der Waals surface area contributed by atoms with Crippen LogP contribution in [0.15, 0.2) is 54.4 Å². The summed E-state index contributed by atoms with van der Waals surface area (Å²) >= 11 is 0. The van der Waals surface area contributed by atoms with Crippen molar-refractivity contribution < 1.29 is 36.2 Å². The molecule has 0 aromatic heterocycles. The number of carbonyl (C=O) groups is 1. The summed E-state index contributed by atoms with van der Waals surface area (Å²) in [6.07, 6.45) is -4.16. The lowest BCUT2D eigenvalue weighted by molar-refractivity contribution is -0.274. The van der Waals surface area contributed by atoms with E-state index in [0.717, 1.165) is 29.8 Å². The van der Waals surface area contributed by atoms with E-state index in [2.05, 4.69) is 9.47 Å². The second-order valence-corrected chi connectivity index (χ2v) is 5.09. The Labute approximate surface area is 145 Å². The van der Waals surface area contributed by atoms with E-state index < -0.39 is 29.7 Å². The van der Waals surface area contributed by atoms with Crippen molar-refractivity contribution in [2.75, 3.05) is 0 Å². The predicted molar refractivity (Wildman–Crippen MR) is 83.7 cm³/mol. The Morgan fingerprint density at radius 1 is 0.923 bits per heavy atom. The third-order valence-electron chi connectivity index (χ3n) is 3.26. The largest absolute Gasteiger partial charge is 0.573 e. The number of rotatable bonds is 5. The van der Waals surface area contributed by atoms with Gasteiger partial charge in [-0.3, -0.25) is 0 Å². The van der Waals surface area contributed by atoms with Gasteiger partial charge >= 0.3 is 12.3 Å². The molecule has 0 aliphatic carbocycles. The first-order valence-electron chi connectivity index (χ1n) is 7.42. The molecule has 0 N–H and O–H groups in total. The van der Waals surface area contributed by atoms with E-state index in [0.29, 0.717) is 6.42 Å². The molecule has 0 atom stereocenters. The Morgan fingerprint density at radius 3 is 1.96 bits per heavy atom. The fourth-order valence-corrected chi connectivity index (χ4v) is 1.96. The molecule has 0 bridgehead atoms. The van der Waals surface area contributed by atoms with Crippen molar-refractivity contribution in [3.63, 3.8) is 0 Å². The molecule has 0 saturated carbocycles. The number of aryl methyl sites for hydroxylation is 1. The van der Waals surface area contributed by atoms with Gasteiger partial charge in [0.2, 0.25) is 5.83 Å². The van der Waals surface area contributed by atoms with E-state index in [-0.39, 0.29) is 11.3 Å². The van der Waals surface area contributed by atoms with Crippen LogP contribution < -0.4 is 9.47 Å². The second-order valence-electron chi connectivity index (χ2n) is 5.09. The normalized spacial score (nSPS) is 12.4. The van der Waals surface area contributed by atoms with Crippen LogP contribution in [0, 0.1) is 0 Å². The first-order chi connectivity index (χ1) is 12.2. The molecule has 0 spiro atoms. The average molecular weight is 372 g/mol. The number of benzene rings is 2. The molecule has 0 aliphatic heterocycles. The van der Waals surface area contributed by atoms with Gasteiger partial charge in [-0.1, -0.05) is 31.2 Å².